The molecule has 2 aliphatic heterocycles. The van der Waals surface area contributed by atoms with Crippen LogP contribution in [0.15, 0.2) is 54.6 Å². The van der Waals surface area contributed by atoms with Crippen LogP contribution in [-0.4, -0.2) is 138 Å². The van der Waals surface area contributed by atoms with Crippen LogP contribution in [0.1, 0.15) is 165 Å². The molecule has 1 aliphatic carbocycles. The van der Waals surface area contributed by atoms with Gasteiger partial charge >= 0.3 is 303 Å². The summed E-state index contributed by atoms with van der Waals surface area (Å²) in [5, 5.41) is 32.2. The Balaban J connectivity index is 0. The van der Waals surface area contributed by atoms with E-state index in [-0.39, 0.29) is 223 Å². The van der Waals surface area contributed by atoms with E-state index in [0.29, 0.717) is 116 Å². The number of fused-ring (bicyclic) bond motifs is 3. The monoisotopic (exact) mass is 2870 g/mol. The normalized spacial score (nSPS) is 12.3. The summed E-state index contributed by atoms with van der Waals surface area (Å²) in [5.41, 5.74) is 6.68. The number of hydrogen-bond acceptors (Lipinski definition) is 17. The quantitative estimate of drug-likeness (QED) is 0.0126. The third kappa shape index (κ3) is 40.2. The molecule has 3 N–H and O–H groups in total. The number of ether oxygens (including phenoxy) is 4. The van der Waals surface area contributed by atoms with Gasteiger partial charge in [0.25, 0.3) is 23.5 Å². The van der Waals surface area contributed by atoms with Crippen molar-refractivity contribution in [1.82, 2.24) is 45.3 Å². The summed E-state index contributed by atoms with van der Waals surface area (Å²) in [6, 6.07) is 14.0. The molecule has 3 aromatic heterocycles. The number of nitrogens with zero attached hydrogens (tertiary/aromatic N) is 6. The van der Waals surface area contributed by atoms with Crippen molar-refractivity contribution in [2.24, 2.45) is 0 Å². The second-order valence-corrected chi connectivity index (χ2v) is 138. The minimum atomic E-state index is -0.616. The molecule has 9 rings (SSSR count). The van der Waals surface area contributed by atoms with Crippen molar-refractivity contribution in [2.75, 3.05) is 44.8 Å². The molecule has 5 heterocycles. The van der Waals surface area contributed by atoms with Gasteiger partial charge in [-0.3, -0.25) is 34.1 Å². The molecule has 0 bridgehead atoms. The molecule has 0 radical (unpaired) electrons. The fourth-order valence-electron chi connectivity index (χ4n) is 8.70. The van der Waals surface area contributed by atoms with Crippen LogP contribution in [-0.2, 0) is 73.9 Å². The fraction of sp³-hybridized carbons (Fsp3) is 0.417. The number of esters is 3. The summed E-state index contributed by atoms with van der Waals surface area (Å²) in [6.45, 7) is 15.3. The van der Waals surface area contributed by atoms with Gasteiger partial charge in [0.15, 0.2) is 17.1 Å². The third-order valence-electron chi connectivity index (χ3n) is 12.8. The standard InChI is InChI=1S/C23H28Cl2N4O5.C16H15Cl2N3O3.C10H14N2O2.C7H3Cl3O.C3H7Br.CH2O3.2Cs.I5.I4.H/c1-5-33-21(31)19-15-13-28(20(30)14-6-7-16(24)17(25)12-14)10-8-18(15)27-29(19)11-9-26-22(32)34-23(2,3)4;1-2-24-16(23)14-10-8-21(6-5-13(10)19-20-14)15(22)9-3-4-11(17)12(18)7-9;1-2-14-10(13)9-7-5-3-4-6-8(7)11-12-9;8-5-2-1-4(7(10)11)3-6(5)9;1-2-3-4;2-1-4-3;;;1-4-5(2)3;1-4(2)3;/h6-7,12H,5,8-11,13H2,1-4H3,(H,26,32);3-4,7H,2,5-6,8H2,1H3,(H,19,20);2-6H2,1H3,(H,11,12);1-3H;2-3H2,1H3;1,3H;;;;;/q;;;;;;2*+1;-1;;-1/p-1. The van der Waals surface area contributed by atoms with E-state index < -0.39 is 28.9 Å². The summed E-state index contributed by atoms with van der Waals surface area (Å²) in [6.07, 6.45) is 6.01. The van der Waals surface area contributed by atoms with Gasteiger partial charge in [0.1, 0.15) is 5.60 Å². The Morgan fingerprint density at radius 1 is 0.667 bits per heavy atom. The zero-order valence-corrected chi connectivity index (χ0v) is 95.0. The van der Waals surface area contributed by atoms with Crippen LogP contribution < -0.4 is 162 Å². The minimum Gasteiger partial charge on any atom is -1.00 e. The van der Waals surface area contributed by atoms with Gasteiger partial charge in [0.05, 0.1) is 75.3 Å². The Bertz CT molecular complexity index is 3670. The largest absolute Gasteiger partial charge is 1.00 e. The van der Waals surface area contributed by atoms with E-state index in [1.807, 2.05) is 0 Å². The number of halogens is 17. The second-order valence-electron chi connectivity index (χ2n) is 20.7. The van der Waals surface area contributed by atoms with E-state index >= 15 is 0 Å². The van der Waals surface area contributed by atoms with Crippen LogP contribution in [0.2, 0.25) is 30.1 Å². The van der Waals surface area contributed by atoms with Gasteiger partial charge < -0.3 is 45.6 Å². The van der Waals surface area contributed by atoms with Gasteiger partial charge in [-0.1, -0.05) is 92.5 Å². The first kappa shape index (κ1) is 106. The Labute approximate surface area is 834 Å². The molecule has 42 heteroatoms. The number of aromatic nitrogens is 6. The van der Waals surface area contributed by atoms with Crippen molar-refractivity contribution >= 4 is 272 Å². The van der Waals surface area contributed by atoms with Gasteiger partial charge in [-0.05, 0) is 140 Å². The predicted octanol–water partition coefficient (Wildman–Crippen LogP) is 10.5. The van der Waals surface area contributed by atoms with Crippen LogP contribution >= 0.6 is 225 Å². The second kappa shape index (κ2) is 58.9. The van der Waals surface area contributed by atoms with Crippen LogP contribution in [0.4, 0.5) is 4.79 Å². The van der Waals surface area contributed by atoms with Crippen molar-refractivity contribution in [1.29, 1.82) is 0 Å². The molecule has 3 aromatic carbocycles. The van der Waals surface area contributed by atoms with Gasteiger partial charge in [0, 0.05) is 82.6 Å². The molecular weight excluding hydrogens is 2810 g/mol. The number of amides is 3. The van der Waals surface area contributed by atoms with Crippen molar-refractivity contribution in [3.63, 3.8) is 0 Å². The van der Waals surface area contributed by atoms with Crippen molar-refractivity contribution < 1.29 is 220 Å². The summed E-state index contributed by atoms with van der Waals surface area (Å²) < 4.78 is 21.9. The average Bonchev–Trinajstić information content (AvgIpc) is 1.66. The topological polar surface area (TPSA) is 299 Å². The smallest absolute Gasteiger partial charge is 1.00 e. The number of benzene rings is 3. The Kier molecular flexibility index (Phi) is 61.4. The van der Waals surface area contributed by atoms with Crippen LogP contribution in [0.5, 0.6) is 0 Å². The maximum Gasteiger partial charge on any atom is 1.00 e. The van der Waals surface area contributed by atoms with Crippen molar-refractivity contribution in [2.45, 2.75) is 119 Å². The van der Waals surface area contributed by atoms with Gasteiger partial charge in [-0.2, -0.15) is 15.3 Å². The molecule has 0 atom stereocenters. The number of aromatic amines is 2. The average molecular weight is 2880 g/mol. The number of carbonyl (C=O) groups excluding carboxylic acids is 8. The molecule has 6 aromatic rings. The van der Waals surface area contributed by atoms with Crippen LogP contribution in [0.3, 0.4) is 0 Å². The van der Waals surface area contributed by atoms with Crippen molar-refractivity contribution in [3.8, 4) is 0 Å². The minimum absolute atomic E-state index is 0. The van der Waals surface area contributed by atoms with Crippen LogP contribution in [0.25, 0.3) is 0 Å². The number of carbonyl (C=O) groups is 8. The van der Waals surface area contributed by atoms with E-state index in [1.54, 1.807) is 81.7 Å². The number of aryl methyl sites for hydroxylation is 1. The molecule has 0 fully saturated rings. The molecule has 0 saturated carbocycles. The summed E-state index contributed by atoms with van der Waals surface area (Å²) in [7, 11) is -0.599. The Morgan fingerprint density at radius 3 is 1.48 bits per heavy atom. The zero-order chi connectivity index (χ0) is 75.4. The molecule has 23 nitrogen and oxygen atoms in total. The SMILES string of the molecule is CCCBr.CCOC(=O)c1c2c(nn1CCNC(=O)OC(C)(C)C)CCN(C(=O)c1ccc(Cl)c(Cl)c1)C2.CCOC(=O)c1n[nH]c2c1CCCC2.CCOC(=O)c1n[nH]c2c1CN(C(=O)c1ccc(Cl)c(Cl)c1)CC2.II(I)I.I[I-]I(I)I.O=C(Cl)c1ccc(Cl)c(Cl)c1.O=CO[O-].[Cs+].[Cs+].[H-]. The summed E-state index contributed by atoms with van der Waals surface area (Å²) in [5.74, 6) is -1.71. The number of rotatable bonds is 15. The van der Waals surface area contributed by atoms with Gasteiger partial charge in [-0.25, -0.2) is 19.2 Å². The van der Waals surface area contributed by atoms with Gasteiger partial charge in [-0.15, -0.1) is 0 Å². The molecule has 0 spiro atoms. The van der Waals surface area contributed by atoms with E-state index in [1.165, 1.54) is 41.8 Å². The molecule has 3 aliphatic rings. The fourth-order valence-corrected chi connectivity index (χ4v) is 9.71. The third-order valence-corrected chi connectivity index (χ3v) is 98.7. The number of H-pyrrole nitrogens is 2. The first-order valence-electron chi connectivity index (χ1n) is 29.4. The number of alkyl halides is 1. The molecule has 0 unspecified atom stereocenters. The Morgan fingerprint density at radius 2 is 1.07 bits per heavy atom. The zero-order valence-electron chi connectivity index (χ0n) is 57.1. The summed E-state index contributed by atoms with van der Waals surface area (Å²) >= 11 is 59.4. The number of nitrogens with one attached hydrogen (secondary N) is 3. The number of alkyl carbamates (subject to hydrolysis) is 1. The first-order valence-corrected chi connectivity index (χ1v) is 77.1. The van der Waals surface area contributed by atoms with E-state index in [2.05, 4.69) is 170 Å². The van der Waals surface area contributed by atoms with Gasteiger partial charge in [0.2, 0.25) is 0 Å². The molecule has 102 heavy (non-hydrogen) atoms. The summed E-state index contributed by atoms with van der Waals surface area (Å²) in [4.78, 5) is 99.0. The maximum atomic E-state index is 13.1. The molecule has 3 amide bonds. The van der Waals surface area contributed by atoms with Crippen LogP contribution in [0, 0.1) is 0 Å². The molecular formula is C60H69BrCl7Cs2I9N9O14-. The molecule has 560 valence electrons. The van der Waals surface area contributed by atoms with E-state index in [9.17, 15) is 33.6 Å². The maximum absolute atomic E-state index is 13.1. The van der Waals surface area contributed by atoms with Crippen molar-refractivity contribution in [3.05, 3.63) is 152 Å². The van der Waals surface area contributed by atoms with E-state index in [0.717, 1.165) is 47.2 Å². The first-order chi connectivity index (χ1) is 47.3. The Hall–Kier alpha value is 4.19. The van der Waals surface area contributed by atoms with E-state index in [4.69, 9.17) is 110 Å². The number of hydrogen-bond donors (Lipinski definition) is 3. The predicted molar refractivity (Wildman–Crippen MR) is 459 cm³/mol. The molecule has 0 saturated heterocycles.